The number of para-hydroxylation sites is 1. The van der Waals surface area contributed by atoms with Crippen LogP contribution >= 0.6 is 0 Å². The summed E-state index contributed by atoms with van der Waals surface area (Å²) >= 11 is 0. The van der Waals surface area contributed by atoms with Crippen molar-refractivity contribution in [1.29, 1.82) is 0 Å². The van der Waals surface area contributed by atoms with Crippen LogP contribution in [0.3, 0.4) is 0 Å². The molecule has 0 saturated heterocycles. The molecule has 3 nitrogen and oxygen atoms in total. The third-order valence-electron chi connectivity index (χ3n) is 2.97. The lowest BCUT2D eigenvalue weighted by atomic mass is 10.1. The van der Waals surface area contributed by atoms with Crippen LogP contribution in [0.4, 0.5) is 0 Å². The smallest absolute Gasteiger partial charge is 0.153 e. The zero-order valence-electron chi connectivity index (χ0n) is 11.8. The molecule has 0 amide bonds. The van der Waals surface area contributed by atoms with Gasteiger partial charge in [0.15, 0.2) is 6.29 Å². The third kappa shape index (κ3) is 3.60. The van der Waals surface area contributed by atoms with Crippen LogP contribution < -0.4 is 9.47 Å². The molecule has 0 aromatic heterocycles. The van der Waals surface area contributed by atoms with Gasteiger partial charge in [-0.1, -0.05) is 29.8 Å². The van der Waals surface area contributed by atoms with Crippen LogP contribution in [0.15, 0.2) is 42.5 Å². The number of rotatable bonds is 6. The van der Waals surface area contributed by atoms with E-state index in [1.165, 1.54) is 5.56 Å². The van der Waals surface area contributed by atoms with Crippen molar-refractivity contribution in [2.45, 2.75) is 13.8 Å². The Hall–Kier alpha value is -2.29. The summed E-state index contributed by atoms with van der Waals surface area (Å²) in [5, 5.41) is 0. The predicted molar refractivity (Wildman–Crippen MR) is 78.7 cm³/mol. The van der Waals surface area contributed by atoms with E-state index in [4.69, 9.17) is 9.47 Å². The number of carbonyl (C=O) groups is 1. The molecule has 0 N–H and O–H groups in total. The molecule has 0 fully saturated rings. The van der Waals surface area contributed by atoms with Crippen molar-refractivity contribution in [3.8, 4) is 11.5 Å². The fourth-order valence-corrected chi connectivity index (χ4v) is 1.97. The van der Waals surface area contributed by atoms with Crippen LogP contribution in [0.5, 0.6) is 11.5 Å². The van der Waals surface area contributed by atoms with E-state index in [1.807, 2.05) is 31.2 Å². The van der Waals surface area contributed by atoms with Crippen molar-refractivity contribution in [3.05, 3.63) is 59.2 Å². The largest absolute Gasteiger partial charge is 0.490 e. The Morgan fingerprint density at radius 1 is 0.950 bits per heavy atom. The second kappa shape index (κ2) is 6.75. The van der Waals surface area contributed by atoms with Gasteiger partial charge in [-0.05, 0) is 37.6 Å². The molecule has 0 aliphatic carbocycles. The number of ether oxygens (including phenoxy) is 2. The Morgan fingerprint density at radius 3 is 2.35 bits per heavy atom. The zero-order valence-corrected chi connectivity index (χ0v) is 11.8. The molecule has 0 saturated carbocycles. The minimum Gasteiger partial charge on any atom is -0.490 e. The van der Waals surface area contributed by atoms with Crippen molar-refractivity contribution in [2.75, 3.05) is 13.2 Å². The van der Waals surface area contributed by atoms with Crippen LogP contribution in [0.1, 0.15) is 21.5 Å². The van der Waals surface area contributed by atoms with E-state index in [9.17, 15) is 4.79 Å². The number of hydrogen-bond donors (Lipinski definition) is 0. The third-order valence-corrected chi connectivity index (χ3v) is 2.97. The van der Waals surface area contributed by atoms with Crippen LogP contribution in [0, 0.1) is 13.8 Å². The summed E-state index contributed by atoms with van der Waals surface area (Å²) in [5.74, 6) is 1.45. The molecular formula is C17H18O3. The highest BCUT2D eigenvalue weighted by molar-refractivity contribution is 5.79. The highest BCUT2D eigenvalue weighted by atomic mass is 16.5. The molecule has 104 valence electrons. The van der Waals surface area contributed by atoms with Gasteiger partial charge in [0.05, 0.1) is 5.56 Å². The molecule has 0 aliphatic heterocycles. The van der Waals surface area contributed by atoms with E-state index in [-0.39, 0.29) is 0 Å². The first kappa shape index (κ1) is 14.1. The summed E-state index contributed by atoms with van der Waals surface area (Å²) in [6, 6.07) is 13.2. The monoisotopic (exact) mass is 270 g/mol. The number of aryl methyl sites for hydroxylation is 2. The van der Waals surface area contributed by atoms with Gasteiger partial charge in [0.1, 0.15) is 24.7 Å². The lowest BCUT2D eigenvalue weighted by Crippen LogP contribution is -2.10. The molecule has 20 heavy (non-hydrogen) atoms. The quantitative estimate of drug-likeness (QED) is 0.594. The van der Waals surface area contributed by atoms with E-state index in [0.29, 0.717) is 24.5 Å². The first-order valence-electron chi connectivity index (χ1n) is 6.58. The van der Waals surface area contributed by atoms with E-state index in [1.54, 1.807) is 12.1 Å². The van der Waals surface area contributed by atoms with Gasteiger partial charge in [-0.15, -0.1) is 0 Å². The van der Waals surface area contributed by atoms with E-state index in [0.717, 1.165) is 17.6 Å². The van der Waals surface area contributed by atoms with Crippen molar-refractivity contribution >= 4 is 6.29 Å². The molecule has 0 unspecified atom stereocenters. The van der Waals surface area contributed by atoms with Crippen LogP contribution in [0.2, 0.25) is 0 Å². The minimum atomic E-state index is 0.401. The minimum absolute atomic E-state index is 0.401. The van der Waals surface area contributed by atoms with Gasteiger partial charge in [0.25, 0.3) is 0 Å². The Morgan fingerprint density at radius 2 is 1.65 bits per heavy atom. The van der Waals surface area contributed by atoms with Gasteiger partial charge >= 0.3 is 0 Å². The standard InChI is InChI=1S/C17H18O3/c1-13-7-8-16(14(2)11-13)19-9-10-20-17-6-4-3-5-15(17)12-18/h3-8,11-12H,9-10H2,1-2H3. The SMILES string of the molecule is Cc1ccc(OCCOc2ccccc2C=O)c(C)c1. The number of benzene rings is 2. The molecule has 0 aliphatic rings. The summed E-state index contributed by atoms with van der Waals surface area (Å²) in [7, 11) is 0. The fourth-order valence-electron chi connectivity index (χ4n) is 1.97. The van der Waals surface area contributed by atoms with Gasteiger partial charge in [-0.3, -0.25) is 4.79 Å². The van der Waals surface area contributed by atoms with Crippen molar-refractivity contribution in [1.82, 2.24) is 0 Å². The Bertz CT molecular complexity index is 591. The maximum atomic E-state index is 10.8. The average molecular weight is 270 g/mol. The molecule has 2 aromatic carbocycles. The molecule has 0 atom stereocenters. The molecule has 0 radical (unpaired) electrons. The maximum Gasteiger partial charge on any atom is 0.153 e. The highest BCUT2D eigenvalue weighted by Crippen LogP contribution is 2.19. The summed E-state index contributed by atoms with van der Waals surface area (Å²) in [6.45, 7) is 4.91. The fraction of sp³-hybridized carbons (Fsp3) is 0.235. The highest BCUT2D eigenvalue weighted by Gasteiger charge is 2.02. The number of aldehydes is 1. The van der Waals surface area contributed by atoms with Crippen molar-refractivity contribution in [2.24, 2.45) is 0 Å². The average Bonchev–Trinajstić information content (AvgIpc) is 2.46. The van der Waals surface area contributed by atoms with Crippen molar-refractivity contribution in [3.63, 3.8) is 0 Å². The number of carbonyl (C=O) groups excluding carboxylic acids is 1. The first-order valence-corrected chi connectivity index (χ1v) is 6.58. The lowest BCUT2D eigenvalue weighted by Gasteiger charge is -2.11. The van der Waals surface area contributed by atoms with E-state index in [2.05, 4.69) is 13.0 Å². The van der Waals surface area contributed by atoms with Gasteiger partial charge in [0.2, 0.25) is 0 Å². The Balaban J connectivity index is 1.86. The molecule has 2 aromatic rings. The second-order valence-corrected chi connectivity index (χ2v) is 4.62. The summed E-state index contributed by atoms with van der Waals surface area (Å²) in [4.78, 5) is 10.8. The Kier molecular flexibility index (Phi) is 4.77. The lowest BCUT2D eigenvalue weighted by molar-refractivity contribution is 0.111. The van der Waals surface area contributed by atoms with Crippen LogP contribution in [-0.4, -0.2) is 19.5 Å². The molecule has 0 heterocycles. The molecule has 3 heteroatoms. The van der Waals surface area contributed by atoms with Crippen LogP contribution in [-0.2, 0) is 0 Å². The van der Waals surface area contributed by atoms with E-state index >= 15 is 0 Å². The van der Waals surface area contributed by atoms with Gasteiger partial charge in [0, 0.05) is 0 Å². The molecule has 0 spiro atoms. The Labute approximate surface area is 119 Å². The topological polar surface area (TPSA) is 35.5 Å². The van der Waals surface area contributed by atoms with Crippen molar-refractivity contribution < 1.29 is 14.3 Å². The first-order chi connectivity index (χ1) is 9.70. The normalized spacial score (nSPS) is 10.1. The van der Waals surface area contributed by atoms with E-state index < -0.39 is 0 Å². The summed E-state index contributed by atoms with van der Waals surface area (Å²) in [5.41, 5.74) is 2.88. The van der Waals surface area contributed by atoms with Gasteiger partial charge < -0.3 is 9.47 Å². The maximum absolute atomic E-state index is 10.8. The zero-order chi connectivity index (χ0) is 14.4. The van der Waals surface area contributed by atoms with Gasteiger partial charge in [-0.2, -0.15) is 0 Å². The number of hydrogen-bond acceptors (Lipinski definition) is 3. The second-order valence-electron chi connectivity index (χ2n) is 4.62. The summed E-state index contributed by atoms with van der Waals surface area (Å²) in [6.07, 6.45) is 0.792. The predicted octanol–water partition coefficient (Wildman–Crippen LogP) is 3.57. The molecule has 2 rings (SSSR count). The molecule has 0 bridgehead atoms. The molecular weight excluding hydrogens is 252 g/mol. The summed E-state index contributed by atoms with van der Waals surface area (Å²) < 4.78 is 11.2. The van der Waals surface area contributed by atoms with Gasteiger partial charge in [-0.25, -0.2) is 0 Å². The van der Waals surface area contributed by atoms with Crippen LogP contribution in [0.25, 0.3) is 0 Å².